The van der Waals surface area contributed by atoms with Gasteiger partial charge in [-0.3, -0.25) is 9.59 Å². The summed E-state index contributed by atoms with van der Waals surface area (Å²) in [7, 11) is 0. The van der Waals surface area contributed by atoms with E-state index in [2.05, 4.69) is 30.6 Å². The number of anilines is 3. The summed E-state index contributed by atoms with van der Waals surface area (Å²) in [5.41, 5.74) is 12.2. The van der Waals surface area contributed by atoms with Crippen molar-refractivity contribution in [1.29, 1.82) is 0 Å². The predicted molar refractivity (Wildman–Crippen MR) is 113 cm³/mol. The second-order valence-electron chi connectivity index (χ2n) is 6.85. The molecular weight excluding hydrogens is 439 g/mol. The number of rotatable bonds is 9. The van der Waals surface area contributed by atoms with E-state index in [0.717, 1.165) is 6.07 Å². The number of halogens is 1. The molecule has 0 fully saturated rings. The van der Waals surface area contributed by atoms with Crippen LogP contribution in [-0.2, 0) is 16.1 Å². The van der Waals surface area contributed by atoms with Crippen LogP contribution in [0.3, 0.4) is 0 Å². The summed E-state index contributed by atoms with van der Waals surface area (Å²) in [6.45, 7) is 0.133. The molecule has 0 unspecified atom stereocenters. The second kappa shape index (κ2) is 9.67. The van der Waals surface area contributed by atoms with Gasteiger partial charge in [0.05, 0.1) is 24.0 Å². The van der Waals surface area contributed by atoms with Gasteiger partial charge in [0, 0.05) is 12.1 Å². The fourth-order valence-corrected chi connectivity index (χ4v) is 2.83. The third-order valence-corrected chi connectivity index (χ3v) is 4.44. The largest absolute Gasteiger partial charge is 0.481 e. The molecule has 8 N–H and O–H groups in total. The molecule has 0 saturated heterocycles. The highest BCUT2D eigenvalue weighted by atomic mass is 19.1. The number of hydrogen-bond donors (Lipinski definition) is 6. The maximum Gasteiger partial charge on any atom is 0.326 e. The minimum Gasteiger partial charge on any atom is -0.481 e. The van der Waals surface area contributed by atoms with E-state index < -0.39 is 41.7 Å². The molecule has 14 heteroatoms. The normalized spacial score (nSPS) is 11.7. The monoisotopic (exact) mass is 458 g/mol. The van der Waals surface area contributed by atoms with Crippen LogP contribution in [-0.4, -0.2) is 54.0 Å². The van der Waals surface area contributed by atoms with E-state index in [4.69, 9.17) is 21.7 Å². The van der Waals surface area contributed by atoms with Crippen LogP contribution >= 0.6 is 0 Å². The van der Waals surface area contributed by atoms with Crippen LogP contribution in [0.1, 0.15) is 28.9 Å². The molecular formula is C19H19FN8O5. The van der Waals surface area contributed by atoms with Crippen LogP contribution in [0.15, 0.2) is 24.4 Å². The van der Waals surface area contributed by atoms with Crippen molar-refractivity contribution >= 4 is 46.5 Å². The molecule has 13 nitrogen and oxygen atoms in total. The number of nitrogens with one attached hydrogen (secondary N) is 2. The van der Waals surface area contributed by atoms with Gasteiger partial charge < -0.3 is 32.3 Å². The fourth-order valence-electron chi connectivity index (χ4n) is 2.83. The molecule has 1 aromatic carbocycles. The Morgan fingerprint density at radius 3 is 2.55 bits per heavy atom. The van der Waals surface area contributed by atoms with Crippen molar-refractivity contribution in [3.8, 4) is 0 Å². The lowest BCUT2D eigenvalue weighted by Gasteiger charge is -2.14. The number of carboxylic acid groups (broad SMARTS) is 2. The Kier molecular flexibility index (Phi) is 6.76. The van der Waals surface area contributed by atoms with Crippen LogP contribution in [0.5, 0.6) is 0 Å². The standard InChI is InChI=1S/C19H19FN8O5/c20-11-5-8(1-2-10(11)17(31)26-12(18(32)33)3-4-13(29)30)23-6-9-7-24-16-14(25-9)15(21)27-19(22)28-16/h1-2,5,7,12,23H,3-4,6H2,(H,26,31)(H,29,30)(H,32,33)(H4,21,22,24,27,28)/t12-/m0/s1. The van der Waals surface area contributed by atoms with Gasteiger partial charge in [0.15, 0.2) is 17.0 Å². The van der Waals surface area contributed by atoms with E-state index in [0.29, 0.717) is 11.4 Å². The minimum atomic E-state index is -1.47. The van der Waals surface area contributed by atoms with Gasteiger partial charge in [-0.2, -0.15) is 9.97 Å². The first-order valence-electron chi connectivity index (χ1n) is 9.47. The number of amides is 1. The molecule has 0 spiro atoms. The number of nitrogen functional groups attached to an aromatic ring is 2. The van der Waals surface area contributed by atoms with Crippen LogP contribution in [0.4, 0.5) is 21.8 Å². The summed E-state index contributed by atoms with van der Waals surface area (Å²) in [5.74, 6) is -4.49. The number of carboxylic acids is 2. The van der Waals surface area contributed by atoms with Crippen molar-refractivity contribution in [3.63, 3.8) is 0 Å². The zero-order valence-corrected chi connectivity index (χ0v) is 16.9. The summed E-state index contributed by atoms with van der Waals surface area (Å²) < 4.78 is 14.5. The van der Waals surface area contributed by atoms with Crippen LogP contribution < -0.4 is 22.1 Å². The molecule has 0 saturated carbocycles. The van der Waals surface area contributed by atoms with Gasteiger partial charge in [-0.05, 0) is 24.6 Å². The molecule has 1 atom stereocenters. The molecule has 2 aromatic heterocycles. The molecule has 2 heterocycles. The Morgan fingerprint density at radius 1 is 1.12 bits per heavy atom. The first-order valence-corrected chi connectivity index (χ1v) is 9.47. The van der Waals surface area contributed by atoms with Crippen molar-refractivity contribution in [1.82, 2.24) is 25.3 Å². The minimum absolute atomic E-state index is 0.0312. The van der Waals surface area contributed by atoms with E-state index in [-0.39, 0.29) is 35.9 Å². The lowest BCUT2D eigenvalue weighted by atomic mass is 10.1. The highest BCUT2D eigenvalue weighted by molar-refractivity contribution is 5.97. The molecule has 33 heavy (non-hydrogen) atoms. The number of nitrogens with zero attached hydrogens (tertiary/aromatic N) is 4. The molecule has 0 aliphatic rings. The Morgan fingerprint density at radius 2 is 1.88 bits per heavy atom. The highest BCUT2D eigenvalue weighted by Crippen LogP contribution is 2.18. The fraction of sp³-hybridized carbons (Fsp3) is 0.211. The topological polar surface area (TPSA) is 219 Å². The molecule has 3 aromatic rings. The van der Waals surface area contributed by atoms with Crippen molar-refractivity contribution in [3.05, 3.63) is 41.5 Å². The summed E-state index contributed by atoms with van der Waals surface area (Å²) >= 11 is 0. The average molecular weight is 458 g/mol. The van der Waals surface area contributed by atoms with Gasteiger partial charge in [-0.15, -0.1) is 0 Å². The number of benzene rings is 1. The number of carbonyl (C=O) groups is 3. The van der Waals surface area contributed by atoms with Crippen LogP contribution in [0.2, 0.25) is 0 Å². The van der Waals surface area contributed by atoms with E-state index in [1.54, 1.807) is 0 Å². The average Bonchev–Trinajstić information content (AvgIpc) is 2.74. The number of hydrogen-bond acceptors (Lipinski definition) is 10. The zero-order valence-electron chi connectivity index (χ0n) is 16.9. The van der Waals surface area contributed by atoms with E-state index in [9.17, 15) is 18.8 Å². The molecule has 0 aliphatic carbocycles. The van der Waals surface area contributed by atoms with Crippen molar-refractivity contribution < 1.29 is 29.0 Å². The molecule has 3 rings (SSSR count). The maximum absolute atomic E-state index is 14.5. The smallest absolute Gasteiger partial charge is 0.326 e. The first-order chi connectivity index (χ1) is 15.6. The zero-order chi connectivity index (χ0) is 24.1. The summed E-state index contributed by atoms with van der Waals surface area (Å²) in [6, 6.07) is 2.17. The van der Waals surface area contributed by atoms with Gasteiger partial charge in [0.1, 0.15) is 11.9 Å². The quantitative estimate of drug-likeness (QED) is 0.256. The first kappa shape index (κ1) is 23.1. The number of aromatic nitrogens is 4. The lowest BCUT2D eigenvalue weighted by molar-refractivity contribution is -0.140. The summed E-state index contributed by atoms with van der Waals surface area (Å²) in [6.07, 6.45) is 0.626. The number of fused-ring (bicyclic) bond motifs is 1. The van der Waals surface area contributed by atoms with Crippen molar-refractivity contribution in [2.45, 2.75) is 25.4 Å². The molecule has 172 valence electrons. The lowest BCUT2D eigenvalue weighted by Crippen LogP contribution is -2.41. The Balaban J connectivity index is 1.67. The van der Waals surface area contributed by atoms with Gasteiger partial charge in [-0.25, -0.2) is 19.2 Å². The van der Waals surface area contributed by atoms with Gasteiger partial charge in [0.2, 0.25) is 5.95 Å². The van der Waals surface area contributed by atoms with Gasteiger partial charge in [-0.1, -0.05) is 0 Å². The Bertz CT molecular complexity index is 1240. The Labute approximate surface area is 185 Å². The van der Waals surface area contributed by atoms with Crippen LogP contribution in [0.25, 0.3) is 11.2 Å². The summed E-state index contributed by atoms with van der Waals surface area (Å²) in [4.78, 5) is 50.3. The molecule has 0 aliphatic heterocycles. The van der Waals surface area contributed by atoms with Crippen molar-refractivity contribution in [2.75, 3.05) is 16.8 Å². The summed E-state index contributed by atoms with van der Waals surface area (Å²) in [5, 5.41) is 22.8. The van der Waals surface area contributed by atoms with E-state index in [1.165, 1.54) is 18.3 Å². The van der Waals surface area contributed by atoms with Crippen molar-refractivity contribution in [2.24, 2.45) is 0 Å². The van der Waals surface area contributed by atoms with E-state index in [1.807, 2.05) is 0 Å². The molecule has 0 radical (unpaired) electrons. The second-order valence-corrected chi connectivity index (χ2v) is 6.85. The molecule has 0 bridgehead atoms. The van der Waals surface area contributed by atoms with E-state index >= 15 is 0 Å². The number of nitrogens with two attached hydrogens (primary N) is 2. The number of carbonyl (C=O) groups excluding carboxylic acids is 1. The predicted octanol–water partition coefficient (Wildman–Crippen LogP) is 0.383. The van der Waals surface area contributed by atoms with Crippen LogP contribution in [0, 0.1) is 5.82 Å². The third kappa shape index (κ3) is 5.75. The number of aliphatic carboxylic acids is 2. The Hall–Kier alpha value is -4.62. The van der Waals surface area contributed by atoms with Gasteiger partial charge >= 0.3 is 11.9 Å². The maximum atomic E-state index is 14.5. The molecule has 1 amide bonds. The van der Waals surface area contributed by atoms with Gasteiger partial charge in [0.25, 0.3) is 5.91 Å². The third-order valence-electron chi connectivity index (χ3n) is 4.44. The SMILES string of the molecule is Nc1nc(N)c2nc(CNc3ccc(C(=O)N[C@@H](CCC(=O)O)C(=O)O)c(F)c3)cnc2n1. The highest BCUT2D eigenvalue weighted by Gasteiger charge is 2.23.